The summed E-state index contributed by atoms with van der Waals surface area (Å²) in [5, 5.41) is 0. The van der Waals surface area contributed by atoms with E-state index < -0.39 is 0 Å². The SMILES string of the molecule is CN1CCC(CCN=C2CCCC3CC23)(c2cccc(F)c2)CC1. The number of benzene rings is 1. The van der Waals surface area contributed by atoms with Gasteiger partial charge in [0.15, 0.2) is 0 Å². The van der Waals surface area contributed by atoms with Crippen LogP contribution in [0.4, 0.5) is 4.39 Å². The van der Waals surface area contributed by atoms with Gasteiger partial charge in [-0.3, -0.25) is 4.99 Å². The van der Waals surface area contributed by atoms with Crippen molar-refractivity contribution in [3.8, 4) is 0 Å². The number of likely N-dealkylation sites (tertiary alicyclic amines) is 1. The van der Waals surface area contributed by atoms with Gasteiger partial charge in [0.25, 0.3) is 0 Å². The third kappa shape index (κ3) is 3.28. The molecule has 3 fully saturated rings. The van der Waals surface area contributed by atoms with Crippen LogP contribution in [0.1, 0.15) is 50.5 Å². The molecule has 1 aromatic carbocycles. The molecule has 0 aromatic heterocycles. The fraction of sp³-hybridized carbons (Fsp3) is 0.667. The number of hydrogen-bond acceptors (Lipinski definition) is 2. The van der Waals surface area contributed by atoms with Gasteiger partial charge in [-0.2, -0.15) is 0 Å². The monoisotopic (exact) mass is 328 g/mol. The normalized spacial score (nSPS) is 31.0. The zero-order chi connectivity index (χ0) is 16.6. The molecule has 3 heteroatoms. The zero-order valence-electron chi connectivity index (χ0n) is 14.8. The molecule has 0 spiro atoms. The van der Waals surface area contributed by atoms with Gasteiger partial charge in [0.1, 0.15) is 5.82 Å². The molecule has 24 heavy (non-hydrogen) atoms. The minimum atomic E-state index is -0.106. The fourth-order valence-electron chi connectivity index (χ4n) is 4.86. The highest BCUT2D eigenvalue weighted by atomic mass is 19.1. The summed E-state index contributed by atoms with van der Waals surface area (Å²) in [6, 6.07) is 7.31. The molecule has 0 radical (unpaired) electrons. The number of piperidine rings is 1. The molecule has 0 bridgehead atoms. The Labute approximate surface area is 145 Å². The highest BCUT2D eigenvalue weighted by Gasteiger charge is 2.43. The second-order valence-electron chi connectivity index (χ2n) is 8.21. The fourth-order valence-corrected chi connectivity index (χ4v) is 4.86. The van der Waals surface area contributed by atoms with E-state index in [0.29, 0.717) is 0 Å². The maximum atomic E-state index is 13.8. The molecule has 2 unspecified atom stereocenters. The average Bonchev–Trinajstić information content (AvgIpc) is 3.37. The van der Waals surface area contributed by atoms with Crippen molar-refractivity contribution in [1.82, 2.24) is 4.90 Å². The first-order valence-corrected chi connectivity index (χ1v) is 9.64. The van der Waals surface area contributed by atoms with Crippen molar-refractivity contribution in [3.63, 3.8) is 0 Å². The van der Waals surface area contributed by atoms with Crippen LogP contribution < -0.4 is 0 Å². The predicted molar refractivity (Wildman–Crippen MR) is 97.2 cm³/mol. The van der Waals surface area contributed by atoms with Gasteiger partial charge in [0.05, 0.1) is 0 Å². The highest BCUT2D eigenvalue weighted by Crippen LogP contribution is 2.48. The van der Waals surface area contributed by atoms with Crippen LogP contribution in [0, 0.1) is 17.7 Å². The topological polar surface area (TPSA) is 15.6 Å². The van der Waals surface area contributed by atoms with Gasteiger partial charge < -0.3 is 4.90 Å². The van der Waals surface area contributed by atoms with E-state index in [4.69, 9.17) is 4.99 Å². The minimum absolute atomic E-state index is 0.106. The van der Waals surface area contributed by atoms with Crippen LogP contribution in [-0.2, 0) is 5.41 Å². The van der Waals surface area contributed by atoms with Crippen molar-refractivity contribution in [2.24, 2.45) is 16.8 Å². The first-order valence-electron chi connectivity index (χ1n) is 9.64. The van der Waals surface area contributed by atoms with Crippen LogP contribution in [0.25, 0.3) is 0 Å². The number of hydrogen-bond donors (Lipinski definition) is 0. The summed E-state index contributed by atoms with van der Waals surface area (Å²) in [5.74, 6) is 1.67. The molecule has 1 aliphatic heterocycles. The molecule has 0 amide bonds. The molecule has 2 nitrogen and oxygen atoms in total. The Balaban J connectivity index is 1.49. The molecule has 4 rings (SSSR count). The van der Waals surface area contributed by atoms with Crippen LogP contribution in [-0.4, -0.2) is 37.3 Å². The molecule has 1 heterocycles. The van der Waals surface area contributed by atoms with Crippen LogP contribution >= 0.6 is 0 Å². The van der Waals surface area contributed by atoms with E-state index in [1.54, 1.807) is 12.1 Å². The first kappa shape index (κ1) is 16.3. The van der Waals surface area contributed by atoms with Gasteiger partial charge in [-0.25, -0.2) is 4.39 Å². The number of aliphatic imine (C=N–C) groups is 1. The molecular formula is C21H29FN2. The molecular weight excluding hydrogens is 299 g/mol. The van der Waals surface area contributed by atoms with Gasteiger partial charge in [0.2, 0.25) is 0 Å². The van der Waals surface area contributed by atoms with Crippen LogP contribution in [0.2, 0.25) is 0 Å². The molecule has 2 saturated carbocycles. The Morgan fingerprint density at radius 1 is 1.29 bits per heavy atom. The predicted octanol–water partition coefficient (Wildman–Crippen LogP) is 4.44. The molecule has 1 saturated heterocycles. The van der Waals surface area contributed by atoms with E-state index >= 15 is 0 Å². The summed E-state index contributed by atoms with van der Waals surface area (Å²) in [5.41, 5.74) is 2.79. The lowest BCUT2D eigenvalue weighted by molar-refractivity contribution is 0.180. The Bertz CT molecular complexity index is 616. The van der Waals surface area contributed by atoms with Gasteiger partial charge in [-0.05, 0) is 100 Å². The lowest BCUT2D eigenvalue weighted by Gasteiger charge is -2.41. The smallest absolute Gasteiger partial charge is 0.123 e. The van der Waals surface area contributed by atoms with Crippen molar-refractivity contribution in [3.05, 3.63) is 35.6 Å². The van der Waals surface area contributed by atoms with Gasteiger partial charge >= 0.3 is 0 Å². The average molecular weight is 328 g/mol. The van der Waals surface area contributed by atoms with E-state index in [2.05, 4.69) is 18.0 Å². The Hall–Kier alpha value is -1.22. The maximum Gasteiger partial charge on any atom is 0.123 e. The number of halogens is 1. The molecule has 130 valence electrons. The third-order valence-corrected chi connectivity index (χ3v) is 6.64. The van der Waals surface area contributed by atoms with E-state index in [-0.39, 0.29) is 11.2 Å². The van der Waals surface area contributed by atoms with Crippen molar-refractivity contribution < 1.29 is 4.39 Å². The number of fused-ring (bicyclic) bond motifs is 1. The number of nitrogens with zero attached hydrogens (tertiary/aromatic N) is 2. The van der Waals surface area contributed by atoms with Gasteiger partial charge in [-0.15, -0.1) is 0 Å². The second-order valence-corrected chi connectivity index (χ2v) is 8.21. The molecule has 3 aliphatic rings. The summed E-state index contributed by atoms with van der Waals surface area (Å²) in [7, 11) is 2.19. The largest absolute Gasteiger partial charge is 0.306 e. The standard InChI is InChI=1S/C21H29FN2/c1-24-12-9-21(10-13-24,17-5-3-6-18(22)15-17)8-11-23-20-7-2-4-16-14-19(16)20/h3,5-6,15-16,19H,2,4,7-14H2,1H3. The highest BCUT2D eigenvalue weighted by molar-refractivity contribution is 5.90. The third-order valence-electron chi connectivity index (χ3n) is 6.64. The lowest BCUT2D eigenvalue weighted by Crippen LogP contribution is -2.41. The zero-order valence-corrected chi connectivity index (χ0v) is 14.8. The van der Waals surface area contributed by atoms with E-state index in [0.717, 1.165) is 50.7 Å². The first-order chi connectivity index (χ1) is 11.7. The molecule has 2 aliphatic carbocycles. The van der Waals surface area contributed by atoms with Crippen molar-refractivity contribution in [2.75, 3.05) is 26.7 Å². The summed E-state index contributed by atoms with van der Waals surface area (Å²) >= 11 is 0. The molecule has 2 atom stereocenters. The van der Waals surface area contributed by atoms with E-state index in [9.17, 15) is 4.39 Å². The van der Waals surface area contributed by atoms with Gasteiger partial charge in [-0.1, -0.05) is 12.1 Å². The lowest BCUT2D eigenvalue weighted by atomic mass is 9.70. The van der Waals surface area contributed by atoms with Crippen LogP contribution in [0.15, 0.2) is 29.3 Å². The molecule has 1 aromatic rings. The van der Waals surface area contributed by atoms with Crippen LogP contribution in [0.5, 0.6) is 0 Å². The van der Waals surface area contributed by atoms with Crippen molar-refractivity contribution in [1.29, 1.82) is 0 Å². The maximum absolute atomic E-state index is 13.8. The number of rotatable bonds is 4. The van der Waals surface area contributed by atoms with E-state index in [1.807, 2.05) is 6.07 Å². The van der Waals surface area contributed by atoms with Crippen LogP contribution in [0.3, 0.4) is 0 Å². The Morgan fingerprint density at radius 2 is 2.12 bits per heavy atom. The van der Waals surface area contributed by atoms with Crippen molar-refractivity contribution >= 4 is 5.71 Å². The minimum Gasteiger partial charge on any atom is -0.306 e. The summed E-state index contributed by atoms with van der Waals surface area (Å²) in [6.07, 6.45) is 8.65. The Kier molecular flexibility index (Phi) is 4.46. The summed E-state index contributed by atoms with van der Waals surface area (Å²) in [6.45, 7) is 3.11. The molecule has 0 N–H and O–H groups in total. The summed E-state index contributed by atoms with van der Waals surface area (Å²) in [4.78, 5) is 7.41. The quantitative estimate of drug-likeness (QED) is 0.798. The van der Waals surface area contributed by atoms with Crippen molar-refractivity contribution in [2.45, 2.75) is 50.4 Å². The van der Waals surface area contributed by atoms with Gasteiger partial charge in [0, 0.05) is 12.3 Å². The summed E-state index contributed by atoms with van der Waals surface area (Å²) < 4.78 is 13.8. The van der Waals surface area contributed by atoms with E-state index in [1.165, 1.54) is 37.0 Å². The Morgan fingerprint density at radius 3 is 2.92 bits per heavy atom. The second kappa shape index (κ2) is 6.59.